The van der Waals surface area contributed by atoms with Gasteiger partial charge in [0, 0.05) is 24.4 Å². The number of fused-ring (bicyclic) bond motifs is 1. The molecule has 0 aliphatic carbocycles. The molecule has 0 fully saturated rings. The van der Waals surface area contributed by atoms with Crippen molar-refractivity contribution in [3.63, 3.8) is 0 Å². The van der Waals surface area contributed by atoms with E-state index in [0.29, 0.717) is 32.4 Å². The topological polar surface area (TPSA) is 75.4 Å². The van der Waals surface area contributed by atoms with Crippen molar-refractivity contribution in [2.45, 2.75) is 51.6 Å². The van der Waals surface area contributed by atoms with Gasteiger partial charge >= 0.3 is 0 Å². The molecule has 0 saturated heterocycles. The molecule has 1 aliphatic rings. The van der Waals surface area contributed by atoms with Crippen LogP contribution in [0.3, 0.4) is 0 Å². The van der Waals surface area contributed by atoms with Crippen molar-refractivity contribution in [1.29, 1.82) is 0 Å². The van der Waals surface area contributed by atoms with Crippen LogP contribution in [0.2, 0.25) is 0 Å². The number of nitrogens with zero attached hydrogens (tertiary/aromatic N) is 1. The van der Waals surface area contributed by atoms with Crippen LogP contribution in [-0.2, 0) is 22.6 Å². The van der Waals surface area contributed by atoms with Gasteiger partial charge in [-0.05, 0) is 42.8 Å². The zero-order valence-electron chi connectivity index (χ0n) is 13.5. The number of rotatable bonds is 7. The Balaban J connectivity index is 0.00000264. The standard InChI is InChI=1S/C16H25N3O2S.ClH/c1-2-4-13(18-15(20)5-3-8-17)16(21)19-9-6-14-12(11-19)7-10-22-14;/h7,10,13H,2-6,8-9,11,17H2,1H3,(H,18,20);1H. The van der Waals surface area contributed by atoms with Crippen LogP contribution in [0, 0.1) is 0 Å². The van der Waals surface area contributed by atoms with E-state index in [9.17, 15) is 9.59 Å². The van der Waals surface area contributed by atoms with E-state index in [2.05, 4.69) is 16.8 Å². The van der Waals surface area contributed by atoms with Gasteiger partial charge in [0.1, 0.15) is 6.04 Å². The Hall–Kier alpha value is -1.11. The normalized spacial score (nSPS) is 14.6. The average Bonchev–Trinajstić information content (AvgIpc) is 2.99. The molecule has 2 heterocycles. The van der Waals surface area contributed by atoms with E-state index in [1.807, 2.05) is 11.8 Å². The van der Waals surface area contributed by atoms with E-state index in [-0.39, 0.29) is 24.2 Å². The van der Waals surface area contributed by atoms with E-state index in [1.165, 1.54) is 10.4 Å². The van der Waals surface area contributed by atoms with Crippen molar-refractivity contribution in [3.8, 4) is 0 Å². The average molecular weight is 360 g/mol. The van der Waals surface area contributed by atoms with Gasteiger partial charge in [0.05, 0.1) is 0 Å². The van der Waals surface area contributed by atoms with Gasteiger partial charge < -0.3 is 16.0 Å². The molecular formula is C16H26ClN3O2S. The Morgan fingerprint density at radius 1 is 1.48 bits per heavy atom. The maximum atomic E-state index is 12.7. The predicted molar refractivity (Wildman–Crippen MR) is 95.8 cm³/mol. The first-order chi connectivity index (χ1) is 10.7. The van der Waals surface area contributed by atoms with Crippen LogP contribution in [0.5, 0.6) is 0 Å². The summed E-state index contributed by atoms with van der Waals surface area (Å²) in [5.74, 6) is -0.0368. The molecule has 3 N–H and O–H groups in total. The first-order valence-corrected chi connectivity index (χ1v) is 8.87. The van der Waals surface area contributed by atoms with Gasteiger partial charge in [-0.3, -0.25) is 9.59 Å². The van der Waals surface area contributed by atoms with E-state index in [1.54, 1.807) is 11.3 Å². The molecule has 0 saturated carbocycles. The molecule has 1 aromatic heterocycles. The Morgan fingerprint density at radius 3 is 2.96 bits per heavy atom. The SMILES string of the molecule is CCCC(NC(=O)CCCN)C(=O)N1CCc2sccc2C1.Cl. The third-order valence-corrected chi connectivity index (χ3v) is 4.96. The Labute approximate surface area is 148 Å². The molecule has 0 spiro atoms. The monoisotopic (exact) mass is 359 g/mol. The van der Waals surface area contributed by atoms with Gasteiger partial charge in [-0.1, -0.05) is 13.3 Å². The van der Waals surface area contributed by atoms with E-state index >= 15 is 0 Å². The second-order valence-electron chi connectivity index (χ2n) is 5.68. The number of hydrogen-bond acceptors (Lipinski definition) is 4. The molecule has 1 aliphatic heterocycles. The van der Waals surface area contributed by atoms with Crippen LogP contribution >= 0.6 is 23.7 Å². The van der Waals surface area contributed by atoms with Crippen molar-refractivity contribution in [2.24, 2.45) is 5.73 Å². The zero-order valence-corrected chi connectivity index (χ0v) is 15.2. The summed E-state index contributed by atoms with van der Waals surface area (Å²) in [5, 5.41) is 4.96. The van der Waals surface area contributed by atoms with Crippen molar-refractivity contribution in [2.75, 3.05) is 13.1 Å². The molecule has 2 rings (SSSR count). The fourth-order valence-electron chi connectivity index (χ4n) is 2.73. The number of hydrogen-bond donors (Lipinski definition) is 2. The molecule has 7 heteroatoms. The number of carbonyl (C=O) groups excluding carboxylic acids is 2. The van der Waals surface area contributed by atoms with Gasteiger partial charge in [-0.15, -0.1) is 23.7 Å². The third kappa shape index (κ3) is 5.48. The Morgan fingerprint density at radius 2 is 2.26 bits per heavy atom. The lowest BCUT2D eigenvalue weighted by atomic mass is 10.1. The Bertz CT molecular complexity index is 521. The molecule has 1 aromatic rings. The minimum atomic E-state index is -0.407. The van der Waals surface area contributed by atoms with Gasteiger partial charge in [0.2, 0.25) is 11.8 Å². The number of thiophene rings is 1. The van der Waals surface area contributed by atoms with Crippen molar-refractivity contribution in [3.05, 3.63) is 21.9 Å². The van der Waals surface area contributed by atoms with Crippen molar-refractivity contribution in [1.82, 2.24) is 10.2 Å². The summed E-state index contributed by atoms with van der Waals surface area (Å²) >= 11 is 1.76. The smallest absolute Gasteiger partial charge is 0.245 e. The van der Waals surface area contributed by atoms with Crippen LogP contribution in [0.1, 0.15) is 43.0 Å². The minimum Gasteiger partial charge on any atom is -0.344 e. The highest BCUT2D eigenvalue weighted by molar-refractivity contribution is 7.10. The molecule has 1 atom stereocenters. The Kier molecular flexibility index (Phi) is 8.58. The number of nitrogens with two attached hydrogens (primary N) is 1. The first kappa shape index (κ1) is 19.9. The van der Waals surface area contributed by atoms with Gasteiger partial charge in [0.15, 0.2) is 0 Å². The van der Waals surface area contributed by atoms with Crippen LogP contribution in [0.15, 0.2) is 11.4 Å². The zero-order chi connectivity index (χ0) is 15.9. The second-order valence-corrected chi connectivity index (χ2v) is 6.68. The fraction of sp³-hybridized carbons (Fsp3) is 0.625. The molecule has 0 radical (unpaired) electrons. The second kappa shape index (κ2) is 9.90. The fourth-order valence-corrected chi connectivity index (χ4v) is 3.62. The molecule has 0 bridgehead atoms. The highest BCUT2D eigenvalue weighted by atomic mass is 35.5. The lowest BCUT2D eigenvalue weighted by Gasteiger charge is -2.31. The maximum Gasteiger partial charge on any atom is 0.245 e. The molecule has 1 unspecified atom stereocenters. The molecule has 23 heavy (non-hydrogen) atoms. The van der Waals surface area contributed by atoms with Gasteiger partial charge in [0.25, 0.3) is 0 Å². The van der Waals surface area contributed by atoms with Crippen LogP contribution in [0.4, 0.5) is 0 Å². The van der Waals surface area contributed by atoms with E-state index in [4.69, 9.17) is 5.73 Å². The lowest BCUT2D eigenvalue weighted by Crippen LogP contribution is -2.49. The van der Waals surface area contributed by atoms with Crippen molar-refractivity contribution < 1.29 is 9.59 Å². The van der Waals surface area contributed by atoms with Crippen molar-refractivity contribution >= 4 is 35.6 Å². The van der Waals surface area contributed by atoms with Gasteiger partial charge in [-0.25, -0.2) is 0 Å². The largest absolute Gasteiger partial charge is 0.344 e. The highest BCUT2D eigenvalue weighted by Crippen LogP contribution is 2.24. The van der Waals surface area contributed by atoms with E-state index in [0.717, 1.165) is 19.4 Å². The summed E-state index contributed by atoms with van der Waals surface area (Å²) in [5.41, 5.74) is 6.67. The van der Waals surface area contributed by atoms with E-state index < -0.39 is 6.04 Å². The van der Waals surface area contributed by atoms with Gasteiger partial charge in [-0.2, -0.15) is 0 Å². The predicted octanol–water partition coefficient (Wildman–Crippen LogP) is 2.08. The summed E-state index contributed by atoms with van der Waals surface area (Å²) in [4.78, 5) is 27.9. The molecule has 2 amide bonds. The summed E-state index contributed by atoms with van der Waals surface area (Å²) in [6.45, 7) is 3.92. The summed E-state index contributed by atoms with van der Waals surface area (Å²) in [6.07, 6.45) is 3.50. The summed E-state index contributed by atoms with van der Waals surface area (Å²) < 4.78 is 0. The van der Waals surface area contributed by atoms with Crippen LogP contribution in [-0.4, -0.2) is 35.8 Å². The number of amides is 2. The lowest BCUT2D eigenvalue weighted by molar-refractivity contribution is -0.137. The number of carbonyl (C=O) groups is 2. The van der Waals surface area contributed by atoms with Crippen LogP contribution < -0.4 is 11.1 Å². The summed E-state index contributed by atoms with van der Waals surface area (Å²) in [6, 6.07) is 1.68. The molecule has 0 aromatic carbocycles. The minimum absolute atomic E-state index is 0. The third-order valence-electron chi connectivity index (χ3n) is 3.94. The summed E-state index contributed by atoms with van der Waals surface area (Å²) in [7, 11) is 0. The quantitative estimate of drug-likeness (QED) is 0.782. The highest BCUT2D eigenvalue weighted by Gasteiger charge is 2.28. The van der Waals surface area contributed by atoms with Crippen LogP contribution in [0.25, 0.3) is 0 Å². The first-order valence-electron chi connectivity index (χ1n) is 7.99. The molecular weight excluding hydrogens is 334 g/mol. The molecule has 130 valence electrons. The number of nitrogens with one attached hydrogen (secondary N) is 1. The number of halogens is 1. The maximum absolute atomic E-state index is 12.7. The molecule has 5 nitrogen and oxygen atoms in total.